The van der Waals surface area contributed by atoms with Gasteiger partial charge >= 0.3 is 6.18 Å². The lowest BCUT2D eigenvalue weighted by Gasteiger charge is -2.15. The van der Waals surface area contributed by atoms with E-state index in [4.69, 9.17) is 5.11 Å². The van der Waals surface area contributed by atoms with Crippen LogP contribution in [0, 0.1) is 5.82 Å². The molecule has 2 nitrogen and oxygen atoms in total. The molecule has 0 amide bonds. The summed E-state index contributed by atoms with van der Waals surface area (Å²) in [7, 11) is 1.13. The van der Waals surface area contributed by atoms with Crippen LogP contribution in [-0.2, 0) is 0 Å². The van der Waals surface area contributed by atoms with Crippen LogP contribution in [0.15, 0.2) is 18.2 Å². The van der Waals surface area contributed by atoms with Gasteiger partial charge in [0.05, 0.1) is 7.11 Å². The van der Waals surface area contributed by atoms with E-state index in [-0.39, 0.29) is 5.75 Å². The van der Waals surface area contributed by atoms with Gasteiger partial charge in [-0.15, -0.1) is 0 Å². The van der Waals surface area contributed by atoms with Crippen LogP contribution in [0.5, 0.6) is 5.75 Å². The Morgan fingerprint density at radius 3 is 2.40 bits per heavy atom. The maximum atomic E-state index is 12.8. The molecule has 0 aromatic heterocycles. The minimum absolute atomic E-state index is 0.337. The summed E-state index contributed by atoms with van der Waals surface area (Å²) < 4.78 is 53.6. The molecule has 15 heavy (non-hydrogen) atoms. The molecule has 0 bridgehead atoms. The quantitative estimate of drug-likeness (QED) is 0.782. The van der Waals surface area contributed by atoms with E-state index in [1.165, 1.54) is 0 Å². The second-order valence-electron chi connectivity index (χ2n) is 2.84. The van der Waals surface area contributed by atoms with E-state index in [1.807, 2.05) is 0 Å². The maximum Gasteiger partial charge on any atom is 0.418 e. The van der Waals surface area contributed by atoms with Crippen molar-refractivity contribution in [1.82, 2.24) is 0 Å². The highest BCUT2D eigenvalue weighted by Crippen LogP contribution is 2.34. The number of halogens is 4. The topological polar surface area (TPSA) is 29.5 Å². The van der Waals surface area contributed by atoms with Gasteiger partial charge < -0.3 is 9.84 Å². The minimum atomic E-state index is -4.77. The highest BCUT2D eigenvalue weighted by Gasteiger charge is 2.39. The Hall–Kier alpha value is -1.30. The highest BCUT2D eigenvalue weighted by atomic mass is 19.4. The molecule has 0 aliphatic rings. The predicted molar refractivity (Wildman–Crippen MR) is 44.0 cm³/mol. The summed E-state index contributed by atoms with van der Waals surface area (Å²) in [5.41, 5.74) is -0.458. The first-order chi connectivity index (χ1) is 6.86. The minimum Gasteiger partial charge on any atom is -0.494 e. The van der Waals surface area contributed by atoms with Gasteiger partial charge in [-0.2, -0.15) is 13.2 Å². The maximum absolute atomic E-state index is 12.8. The van der Waals surface area contributed by atoms with E-state index >= 15 is 0 Å². The first kappa shape index (κ1) is 11.8. The van der Waals surface area contributed by atoms with Crippen molar-refractivity contribution in [3.8, 4) is 5.75 Å². The number of methoxy groups -OCH3 is 1. The molecule has 84 valence electrons. The molecular formula is C9H8F4O2. The largest absolute Gasteiger partial charge is 0.494 e. The molecular weight excluding hydrogens is 216 g/mol. The van der Waals surface area contributed by atoms with Crippen molar-refractivity contribution in [2.45, 2.75) is 12.3 Å². The Bertz CT molecular complexity index is 348. The molecule has 0 aliphatic carbocycles. The number of hydrogen-bond acceptors (Lipinski definition) is 2. The fourth-order valence-electron chi connectivity index (χ4n) is 1.04. The Balaban J connectivity index is 3.06. The number of aliphatic hydroxyl groups excluding tert-OH is 1. The van der Waals surface area contributed by atoms with Crippen molar-refractivity contribution in [2.75, 3.05) is 7.11 Å². The summed E-state index contributed by atoms with van der Waals surface area (Å²) in [6.45, 7) is 0. The highest BCUT2D eigenvalue weighted by molar-refractivity contribution is 5.32. The van der Waals surface area contributed by atoms with E-state index < -0.39 is 23.7 Å². The van der Waals surface area contributed by atoms with E-state index in [2.05, 4.69) is 4.74 Å². The summed E-state index contributed by atoms with van der Waals surface area (Å²) in [4.78, 5) is 0. The molecule has 0 spiro atoms. The average molecular weight is 224 g/mol. The lowest BCUT2D eigenvalue weighted by atomic mass is 10.1. The van der Waals surface area contributed by atoms with Crippen LogP contribution in [0.2, 0.25) is 0 Å². The monoisotopic (exact) mass is 224 g/mol. The van der Waals surface area contributed by atoms with Gasteiger partial charge in [-0.05, 0) is 17.7 Å². The summed E-state index contributed by atoms with van der Waals surface area (Å²) >= 11 is 0. The fraction of sp³-hybridized carbons (Fsp3) is 0.333. The van der Waals surface area contributed by atoms with Crippen LogP contribution in [0.25, 0.3) is 0 Å². The van der Waals surface area contributed by atoms with Gasteiger partial charge in [0.2, 0.25) is 0 Å². The zero-order valence-electron chi connectivity index (χ0n) is 7.68. The third-order valence-electron chi connectivity index (χ3n) is 1.80. The van der Waals surface area contributed by atoms with Gasteiger partial charge in [-0.1, -0.05) is 6.07 Å². The predicted octanol–water partition coefficient (Wildman–Crippen LogP) is 2.43. The van der Waals surface area contributed by atoms with Crippen LogP contribution >= 0.6 is 0 Å². The van der Waals surface area contributed by atoms with Gasteiger partial charge in [0.25, 0.3) is 0 Å². The van der Waals surface area contributed by atoms with Gasteiger partial charge in [-0.3, -0.25) is 0 Å². The molecule has 0 saturated carbocycles. The SMILES string of the molecule is COc1cc([C@H](O)C(F)(F)F)ccc1F. The van der Waals surface area contributed by atoms with Gasteiger partial charge in [0.1, 0.15) is 0 Å². The lowest BCUT2D eigenvalue weighted by molar-refractivity contribution is -0.206. The fourth-order valence-corrected chi connectivity index (χ4v) is 1.04. The van der Waals surface area contributed by atoms with E-state index in [1.54, 1.807) is 0 Å². The molecule has 1 rings (SSSR count). The number of ether oxygens (including phenoxy) is 1. The Kier molecular flexibility index (Phi) is 3.18. The lowest BCUT2D eigenvalue weighted by Crippen LogP contribution is -2.20. The van der Waals surface area contributed by atoms with Crippen molar-refractivity contribution in [1.29, 1.82) is 0 Å². The number of aliphatic hydroxyl groups is 1. The van der Waals surface area contributed by atoms with E-state index in [0.717, 1.165) is 25.3 Å². The molecule has 1 aromatic carbocycles. The average Bonchev–Trinajstić information content (AvgIpc) is 2.16. The zero-order valence-corrected chi connectivity index (χ0v) is 7.68. The van der Waals surface area contributed by atoms with Crippen molar-refractivity contribution in [2.24, 2.45) is 0 Å². The summed E-state index contributed by atoms with van der Waals surface area (Å²) in [6, 6.07) is 2.48. The first-order valence-electron chi connectivity index (χ1n) is 3.94. The molecule has 6 heteroatoms. The number of alkyl halides is 3. The number of hydrogen-bond donors (Lipinski definition) is 1. The summed E-state index contributed by atoms with van der Waals surface area (Å²) in [6.07, 6.45) is -7.41. The molecule has 0 aliphatic heterocycles. The molecule has 1 atom stereocenters. The van der Waals surface area contributed by atoms with Crippen LogP contribution < -0.4 is 4.74 Å². The molecule has 1 aromatic rings. The van der Waals surface area contributed by atoms with Crippen molar-refractivity contribution >= 4 is 0 Å². The first-order valence-corrected chi connectivity index (χ1v) is 3.94. The summed E-state index contributed by atoms with van der Waals surface area (Å²) in [5.74, 6) is -1.12. The molecule has 0 saturated heterocycles. The Labute approximate surface area is 83.1 Å². The third-order valence-corrected chi connectivity index (χ3v) is 1.80. The number of rotatable bonds is 2. The number of benzene rings is 1. The van der Waals surface area contributed by atoms with Crippen LogP contribution in [0.4, 0.5) is 17.6 Å². The van der Waals surface area contributed by atoms with Crippen LogP contribution in [0.3, 0.4) is 0 Å². The molecule has 0 fully saturated rings. The van der Waals surface area contributed by atoms with Crippen LogP contribution in [-0.4, -0.2) is 18.4 Å². The van der Waals surface area contributed by atoms with E-state index in [9.17, 15) is 17.6 Å². The second kappa shape index (κ2) is 4.06. The van der Waals surface area contributed by atoms with Gasteiger partial charge in [0, 0.05) is 0 Å². The second-order valence-corrected chi connectivity index (χ2v) is 2.84. The van der Waals surface area contributed by atoms with Gasteiger partial charge in [-0.25, -0.2) is 4.39 Å². The normalized spacial score (nSPS) is 13.7. The third kappa shape index (κ3) is 2.59. The van der Waals surface area contributed by atoms with Crippen molar-refractivity contribution in [3.63, 3.8) is 0 Å². The molecule has 1 N–H and O–H groups in total. The molecule has 0 unspecified atom stereocenters. The Morgan fingerprint density at radius 2 is 1.93 bits per heavy atom. The van der Waals surface area contributed by atoms with Crippen molar-refractivity contribution in [3.05, 3.63) is 29.6 Å². The Morgan fingerprint density at radius 1 is 1.33 bits per heavy atom. The van der Waals surface area contributed by atoms with Gasteiger partial charge in [0.15, 0.2) is 17.7 Å². The van der Waals surface area contributed by atoms with Crippen molar-refractivity contribution < 1.29 is 27.4 Å². The van der Waals surface area contributed by atoms with Crippen LogP contribution in [0.1, 0.15) is 11.7 Å². The smallest absolute Gasteiger partial charge is 0.418 e. The summed E-state index contributed by atoms with van der Waals surface area (Å²) in [5, 5.41) is 8.86. The molecule has 0 heterocycles. The zero-order chi connectivity index (χ0) is 11.6. The molecule has 0 radical (unpaired) electrons. The standard InChI is InChI=1S/C9H8F4O2/c1-15-7-4-5(2-3-6(7)10)8(14)9(11,12)13/h2-4,8,14H,1H3/t8-/m0/s1. The van der Waals surface area contributed by atoms with E-state index in [0.29, 0.717) is 0 Å².